The van der Waals surface area contributed by atoms with Crippen molar-refractivity contribution in [1.29, 1.82) is 0 Å². The molecule has 1 aliphatic heterocycles. The highest BCUT2D eigenvalue weighted by Crippen LogP contribution is 2.50. The normalized spacial score (nSPS) is 12.6. The van der Waals surface area contributed by atoms with Gasteiger partial charge in [0, 0.05) is 22.0 Å². The molecule has 0 saturated heterocycles. The fraction of sp³-hybridized carbons (Fsp3) is 0. The number of fused-ring (bicyclic) bond motifs is 5. The van der Waals surface area contributed by atoms with E-state index in [1.54, 1.807) is 42.5 Å². The van der Waals surface area contributed by atoms with Crippen LogP contribution in [-0.2, 0) is 9.84 Å². The van der Waals surface area contributed by atoms with Crippen LogP contribution >= 0.6 is 0 Å². The molecule has 0 radical (unpaired) electrons. The summed E-state index contributed by atoms with van der Waals surface area (Å²) in [7, 11) is -3.77. The minimum Gasteiger partial charge on any atom is -0.454 e. The number of furan rings is 1. The number of rotatable bonds is 4. The number of benzene rings is 6. The van der Waals surface area contributed by atoms with Crippen LogP contribution in [0.1, 0.15) is 0 Å². The molecule has 1 aliphatic rings. The lowest BCUT2D eigenvalue weighted by molar-refractivity contribution is 0.477. The summed E-state index contributed by atoms with van der Waals surface area (Å²) in [5.74, 6) is 1.60. The van der Waals surface area contributed by atoms with Gasteiger partial charge >= 0.3 is 0 Å². The molecule has 0 amide bonds. The Morgan fingerprint density at radius 2 is 1.12 bits per heavy atom. The molecule has 0 bridgehead atoms. The highest BCUT2D eigenvalue weighted by Gasteiger charge is 2.26. The first-order chi connectivity index (χ1) is 20.6. The van der Waals surface area contributed by atoms with Crippen LogP contribution in [0.4, 0.5) is 17.1 Å². The molecule has 2 heterocycles. The maximum absolute atomic E-state index is 13.6. The zero-order chi connectivity index (χ0) is 28.3. The van der Waals surface area contributed by atoms with Gasteiger partial charge in [-0.1, -0.05) is 84.9 Å². The molecule has 8 rings (SSSR count). The summed E-state index contributed by atoms with van der Waals surface area (Å²) in [4.78, 5) is 2.59. The van der Waals surface area contributed by atoms with E-state index < -0.39 is 9.84 Å². The standard InChI is InChI=1S/C36H23NO4S/c38-42(39,26-10-2-1-3-11-26)34-19-9-14-29-28-13-8-12-27(35(28)41-36(29)34)24-20-22-25(23-21-24)37-30-15-4-6-17-32(30)40-33-18-7-5-16-31(33)37/h1-23H. The Morgan fingerprint density at radius 1 is 0.524 bits per heavy atom. The Hall–Kier alpha value is -5.33. The van der Waals surface area contributed by atoms with E-state index in [9.17, 15) is 8.42 Å². The van der Waals surface area contributed by atoms with Gasteiger partial charge in [0.25, 0.3) is 0 Å². The topological polar surface area (TPSA) is 59.8 Å². The predicted molar refractivity (Wildman–Crippen MR) is 166 cm³/mol. The molecule has 0 N–H and O–H groups in total. The molecule has 0 spiro atoms. The van der Waals surface area contributed by atoms with E-state index in [2.05, 4.69) is 41.3 Å². The third kappa shape index (κ3) is 3.73. The Morgan fingerprint density at radius 3 is 1.81 bits per heavy atom. The molecule has 0 atom stereocenters. The van der Waals surface area contributed by atoms with Gasteiger partial charge in [-0.2, -0.15) is 0 Å². The lowest BCUT2D eigenvalue weighted by Gasteiger charge is -2.32. The number of hydrogen-bond donors (Lipinski definition) is 0. The predicted octanol–water partition coefficient (Wildman–Crippen LogP) is 9.66. The molecule has 0 unspecified atom stereocenters. The van der Waals surface area contributed by atoms with Gasteiger partial charge in [-0.05, 0) is 60.2 Å². The first-order valence-electron chi connectivity index (χ1n) is 13.6. The van der Waals surface area contributed by atoms with Crippen molar-refractivity contribution in [2.45, 2.75) is 9.79 Å². The number of hydrogen-bond acceptors (Lipinski definition) is 5. The molecule has 0 saturated carbocycles. The second-order valence-corrected chi connectivity index (χ2v) is 12.1. The Balaban J connectivity index is 1.25. The van der Waals surface area contributed by atoms with Crippen molar-refractivity contribution in [3.8, 4) is 22.6 Å². The molecule has 0 aliphatic carbocycles. The van der Waals surface area contributed by atoms with Crippen LogP contribution in [-0.4, -0.2) is 8.42 Å². The molecule has 202 valence electrons. The third-order valence-electron chi connectivity index (χ3n) is 7.70. The van der Waals surface area contributed by atoms with Crippen LogP contribution < -0.4 is 9.64 Å². The van der Waals surface area contributed by atoms with Gasteiger partial charge in [-0.3, -0.25) is 0 Å². The smallest absolute Gasteiger partial charge is 0.210 e. The van der Waals surface area contributed by atoms with Crippen LogP contribution in [0, 0.1) is 0 Å². The number of nitrogens with zero attached hydrogens (tertiary/aromatic N) is 1. The molecule has 1 aromatic heterocycles. The third-order valence-corrected chi connectivity index (χ3v) is 9.49. The molecule has 6 heteroatoms. The highest BCUT2D eigenvalue weighted by atomic mass is 32.2. The molecular formula is C36H23NO4S. The van der Waals surface area contributed by atoms with Crippen molar-refractivity contribution in [1.82, 2.24) is 0 Å². The first-order valence-corrected chi connectivity index (χ1v) is 15.1. The number of sulfone groups is 1. The second kappa shape index (κ2) is 9.36. The summed E-state index contributed by atoms with van der Waals surface area (Å²) in [5.41, 5.74) is 5.80. The Bertz CT molecular complexity index is 2190. The van der Waals surface area contributed by atoms with Crippen LogP contribution in [0.3, 0.4) is 0 Å². The van der Waals surface area contributed by atoms with E-state index >= 15 is 0 Å². The average Bonchev–Trinajstić information content (AvgIpc) is 3.43. The number of anilines is 3. The maximum Gasteiger partial charge on any atom is 0.210 e. The van der Waals surface area contributed by atoms with Crippen molar-refractivity contribution in [3.05, 3.63) is 140 Å². The number of para-hydroxylation sites is 6. The molecule has 5 nitrogen and oxygen atoms in total. The largest absolute Gasteiger partial charge is 0.454 e. The summed E-state index contributed by atoms with van der Waals surface area (Å²) < 4.78 is 39.7. The lowest BCUT2D eigenvalue weighted by Crippen LogP contribution is -2.15. The van der Waals surface area contributed by atoms with Crippen molar-refractivity contribution < 1.29 is 17.6 Å². The van der Waals surface area contributed by atoms with Gasteiger partial charge in [0.2, 0.25) is 9.84 Å². The zero-order valence-electron chi connectivity index (χ0n) is 22.3. The van der Waals surface area contributed by atoms with Gasteiger partial charge in [-0.15, -0.1) is 0 Å². The number of ether oxygens (including phenoxy) is 1. The van der Waals surface area contributed by atoms with Crippen LogP contribution in [0.25, 0.3) is 33.1 Å². The Labute approximate surface area is 242 Å². The molecule has 42 heavy (non-hydrogen) atoms. The maximum atomic E-state index is 13.6. The van der Waals surface area contributed by atoms with Crippen molar-refractivity contribution >= 4 is 48.8 Å². The monoisotopic (exact) mass is 565 g/mol. The average molecular weight is 566 g/mol. The second-order valence-electron chi connectivity index (χ2n) is 10.2. The molecule has 7 aromatic rings. The molecular weight excluding hydrogens is 542 g/mol. The van der Waals surface area contributed by atoms with E-state index in [4.69, 9.17) is 9.15 Å². The van der Waals surface area contributed by atoms with E-state index in [1.807, 2.05) is 60.7 Å². The Kier molecular flexibility index (Phi) is 5.45. The van der Waals surface area contributed by atoms with Gasteiger partial charge in [0.15, 0.2) is 17.1 Å². The van der Waals surface area contributed by atoms with E-state index in [0.29, 0.717) is 11.2 Å². The van der Waals surface area contributed by atoms with Gasteiger partial charge in [-0.25, -0.2) is 8.42 Å². The van der Waals surface area contributed by atoms with Crippen LogP contribution in [0.15, 0.2) is 154 Å². The fourth-order valence-corrected chi connectivity index (χ4v) is 7.16. The van der Waals surface area contributed by atoms with Crippen molar-refractivity contribution in [2.75, 3.05) is 4.90 Å². The summed E-state index contributed by atoms with van der Waals surface area (Å²) in [6.45, 7) is 0. The van der Waals surface area contributed by atoms with E-state index in [1.165, 1.54) is 0 Å². The summed E-state index contributed by atoms with van der Waals surface area (Å²) in [6, 6.07) is 44.0. The lowest BCUT2D eigenvalue weighted by atomic mass is 10.0. The summed E-state index contributed by atoms with van der Waals surface area (Å²) >= 11 is 0. The molecule has 0 fully saturated rings. The molecule has 6 aromatic carbocycles. The first kappa shape index (κ1) is 24.5. The fourth-order valence-electron chi connectivity index (χ4n) is 5.73. The van der Waals surface area contributed by atoms with Gasteiger partial charge < -0.3 is 14.1 Å². The van der Waals surface area contributed by atoms with Crippen molar-refractivity contribution in [2.24, 2.45) is 0 Å². The minimum atomic E-state index is -3.77. The van der Waals surface area contributed by atoms with E-state index in [0.717, 1.165) is 50.5 Å². The van der Waals surface area contributed by atoms with Crippen LogP contribution in [0.5, 0.6) is 11.5 Å². The minimum absolute atomic E-state index is 0.161. The summed E-state index contributed by atoms with van der Waals surface area (Å²) in [6.07, 6.45) is 0. The highest BCUT2D eigenvalue weighted by molar-refractivity contribution is 7.91. The summed E-state index contributed by atoms with van der Waals surface area (Å²) in [5, 5.41) is 1.63. The quantitative estimate of drug-likeness (QED) is 0.213. The van der Waals surface area contributed by atoms with Gasteiger partial charge in [0.1, 0.15) is 10.5 Å². The zero-order valence-corrected chi connectivity index (χ0v) is 23.1. The van der Waals surface area contributed by atoms with E-state index in [-0.39, 0.29) is 9.79 Å². The SMILES string of the molecule is O=S(=O)(c1ccccc1)c1cccc2c1oc1c(-c3ccc(N4c5ccccc5Oc5ccccc54)cc3)cccc12. The van der Waals surface area contributed by atoms with Crippen molar-refractivity contribution in [3.63, 3.8) is 0 Å². The van der Waals surface area contributed by atoms with Gasteiger partial charge in [0.05, 0.1) is 16.3 Å². The van der Waals surface area contributed by atoms with Crippen LogP contribution in [0.2, 0.25) is 0 Å².